The lowest BCUT2D eigenvalue weighted by molar-refractivity contribution is 0.0977. The maximum absolute atomic E-state index is 12.7. The van der Waals surface area contributed by atoms with E-state index in [1.54, 1.807) is 50.7 Å². The van der Waals surface area contributed by atoms with Gasteiger partial charge in [-0.15, -0.1) is 0 Å². The van der Waals surface area contributed by atoms with E-state index in [9.17, 15) is 4.79 Å². The lowest BCUT2D eigenvalue weighted by atomic mass is 10.1. The van der Waals surface area contributed by atoms with E-state index in [4.69, 9.17) is 9.47 Å². The van der Waals surface area contributed by atoms with Crippen LogP contribution in [0.25, 0.3) is 0 Å². The summed E-state index contributed by atoms with van der Waals surface area (Å²) >= 11 is 0. The van der Waals surface area contributed by atoms with Gasteiger partial charge in [-0.3, -0.25) is 15.1 Å². The van der Waals surface area contributed by atoms with Crippen LogP contribution in [-0.2, 0) is 6.54 Å². The van der Waals surface area contributed by atoms with E-state index in [1.165, 1.54) is 0 Å². The van der Waals surface area contributed by atoms with Gasteiger partial charge in [-0.2, -0.15) is 0 Å². The van der Waals surface area contributed by atoms with Crippen LogP contribution in [0.5, 0.6) is 11.5 Å². The van der Waals surface area contributed by atoms with Gasteiger partial charge in [0.2, 0.25) is 5.96 Å². The number of aliphatic imine (C=N–C) groups is 1. The minimum Gasteiger partial charge on any atom is -0.497 e. The van der Waals surface area contributed by atoms with Crippen molar-refractivity contribution in [3.05, 3.63) is 83.7 Å². The third-order valence-corrected chi connectivity index (χ3v) is 4.29. The Labute approximate surface area is 175 Å². The standard InChI is InChI=1S/C23H24N4O3/c1-16-7-9-17(10-8-16)22(28)27-23(25-15-18-6-4-5-11-24-18)26-19-12-20(29-2)14-21(13-19)30-3/h4-14H,15H2,1-3H3,(H2,25,26,27,28). The first kappa shape index (κ1) is 20.9. The number of rotatable bonds is 6. The van der Waals surface area contributed by atoms with Gasteiger partial charge in [-0.05, 0) is 31.2 Å². The second kappa shape index (κ2) is 10.1. The van der Waals surface area contributed by atoms with E-state index >= 15 is 0 Å². The molecule has 0 aliphatic heterocycles. The van der Waals surface area contributed by atoms with Gasteiger partial charge in [-0.25, -0.2) is 4.99 Å². The van der Waals surface area contributed by atoms with Crippen LogP contribution in [0.15, 0.2) is 71.9 Å². The SMILES string of the molecule is COc1cc(NC(=NCc2ccccn2)NC(=O)c2ccc(C)cc2)cc(OC)c1. The second-order valence-corrected chi connectivity index (χ2v) is 6.53. The number of pyridine rings is 1. The number of methoxy groups -OCH3 is 2. The Morgan fingerprint density at radius 3 is 2.30 bits per heavy atom. The Hall–Kier alpha value is -3.87. The first-order chi connectivity index (χ1) is 14.6. The highest BCUT2D eigenvalue weighted by Crippen LogP contribution is 2.25. The lowest BCUT2D eigenvalue weighted by Crippen LogP contribution is -2.36. The molecular weight excluding hydrogens is 380 g/mol. The predicted octanol–water partition coefficient (Wildman–Crippen LogP) is 3.81. The average molecular weight is 404 g/mol. The van der Waals surface area contributed by atoms with Crippen molar-refractivity contribution in [1.82, 2.24) is 10.3 Å². The monoisotopic (exact) mass is 404 g/mol. The molecule has 0 fully saturated rings. The molecule has 1 aromatic heterocycles. The molecule has 1 amide bonds. The number of guanidine groups is 1. The maximum atomic E-state index is 12.7. The van der Waals surface area contributed by atoms with Crippen molar-refractivity contribution in [2.45, 2.75) is 13.5 Å². The molecule has 3 aromatic rings. The van der Waals surface area contributed by atoms with Gasteiger partial charge in [0, 0.05) is 35.6 Å². The van der Waals surface area contributed by atoms with Crippen molar-refractivity contribution in [1.29, 1.82) is 0 Å². The highest BCUT2D eigenvalue weighted by molar-refractivity contribution is 6.10. The van der Waals surface area contributed by atoms with Gasteiger partial charge in [-0.1, -0.05) is 23.8 Å². The molecule has 7 heteroatoms. The van der Waals surface area contributed by atoms with Crippen LogP contribution in [-0.4, -0.2) is 31.1 Å². The van der Waals surface area contributed by atoms with Gasteiger partial charge in [0.15, 0.2) is 0 Å². The molecule has 0 bridgehead atoms. The van der Waals surface area contributed by atoms with Crippen LogP contribution in [0.2, 0.25) is 0 Å². The summed E-state index contributed by atoms with van der Waals surface area (Å²) in [5.74, 6) is 1.26. The summed E-state index contributed by atoms with van der Waals surface area (Å²) < 4.78 is 10.6. The molecule has 0 unspecified atom stereocenters. The number of anilines is 1. The number of hydrogen-bond donors (Lipinski definition) is 2. The van der Waals surface area contributed by atoms with E-state index in [1.807, 2.05) is 37.3 Å². The second-order valence-electron chi connectivity index (χ2n) is 6.53. The fraction of sp³-hybridized carbons (Fsp3) is 0.174. The zero-order valence-corrected chi connectivity index (χ0v) is 17.2. The minimum absolute atomic E-state index is 0.267. The van der Waals surface area contributed by atoms with E-state index < -0.39 is 0 Å². The summed E-state index contributed by atoms with van der Waals surface area (Å²) in [7, 11) is 3.15. The minimum atomic E-state index is -0.267. The fourth-order valence-electron chi connectivity index (χ4n) is 2.66. The molecule has 3 rings (SSSR count). The summed E-state index contributed by atoms with van der Waals surface area (Å²) in [4.78, 5) is 21.5. The van der Waals surface area contributed by atoms with Crippen molar-refractivity contribution < 1.29 is 14.3 Å². The number of nitrogens with zero attached hydrogens (tertiary/aromatic N) is 2. The van der Waals surface area contributed by atoms with Crippen molar-refractivity contribution in [3.8, 4) is 11.5 Å². The van der Waals surface area contributed by atoms with Crippen molar-refractivity contribution in [2.24, 2.45) is 4.99 Å². The third kappa shape index (κ3) is 5.81. The Balaban J connectivity index is 1.85. The summed E-state index contributed by atoms with van der Waals surface area (Å²) in [6.45, 7) is 2.28. The highest BCUT2D eigenvalue weighted by Gasteiger charge is 2.11. The number of benzene rings is 2. The molecule has 30 heavy (non-hydrogen) atoms. The number of carbonyl (C=O) groups excluding carboxylic acids is 1. The molecule has 0 radical (unpaired) electrons. The van der Waals surface area contributed by atoms with Crippen LogP contribution < -0.4 is 20.1 Å². The maximum Gasteiger partial charge on any atom is 0.257 e. The number of nitrogens with one attached hydrogen (secondary N) is 2. The Morgan fingerprint density at radius 2 is 1.70 bits per heavy atom. The number of carbonyl (C=O) groups is 1. The molecule has 0 saturated heterocycles. The number of hydrogen-bond acceptors (Lipinski definition) is 5. The molecule has 2 N–H and O–H groups in total. The molecule has 154 valence electrons. The normalized spacial score (nSPS) is 11.0. The van der Waals surface area contributed by atoms with Gasteiger partial charge in [0.05, 0.1) is 26.5 Å². The van der Waals surface area contributed by atoms with E-state index in [0.29, 0.717) is 35.3 Å². The zero-order chi connectivity index (χ0) is 21.3. The quantitative estimate of drug-likeness (QED) is 0.482. The lowest BCUT2D eigenvalue weighted by Gasteiger charge is -2.14. The van der Waals surface area contributed by atoms with Crippen molar-refractivity contribution in [2.75, 3.05) is 19.5 Å². The number of amides is 1. The number of ether oxygens (including phenoxy) is 2. The van der Waals surface area contributed by atoms with E-state index in [-0.39, 0.29) is 5.91 Å². The summed E-state index contributed by atoms with van der Waals surface area (Å²) in [6, 6.07) is 18.3. The predicted molar refractivity (Wildman–Crippen MR) is 117 cm³/mol. The summed E-state index contributed by atoms with van der Waals surface area (Å²) in [5.41, 5.74) is 3.06. The zero-order valence-electron chi connectivity index (χ0n) is 17.2. The number of aryl methyl sites for hydroxylation is 1. The van der Waals surface area contributed by atoms with Gasteiger partial charge in [0.1, 0.15) is 11.5 Å². The first-order valence-electron chi connectivity index (χ1n) is 9.40. The van der Waals surface area contributed by atoms with E-state index in [2.05, 4.69) is 20.6 Å². The van der Waals surface area contributed by atoms with Crippen LogP contribution >= 0.6 is 0 Å². The van der Waals surface area contributed by atoms with E-state index in [0.717, 1.165) is 11.3 Å². The molecule has 1 heterocycles. The molecule has 7 nitrogen and oxygen atoms in total. The topological polar surface area (TPSA) is 84.8 Å². The van der Waals surface area contributed by atoms with Gasteiger partial charge < -0.3 is 14.8 Å². The Kier molecular flexibility index (Phi) is 7.00. The Bertz CT molecular complexity index is 996. The van der Waals surface area contributed by atoms with Crippen LogP contribution in [0.3, 0.4) is 0 Å². The highest BCUT2D eigenvalue weighted by atomic mass is 16.5. The largest absolute Gasteiger partial charge is 0.497 e. The summed E-state index contributed by atoms with van der Waals surface area (Å²) in [5, 5.41) is 5.98. The molecule has 0 atom stereocenters. The first-order valence-corrected chi connectivity index (χ1v) is 9.40. The fourth-order valence-corrected chi connectivity index (χ4v) is 2.66. The van der Waals surface area contributed by atoms with Crippen LogP contribution in [0.1, 0.15) is 21.6 Å². The Morgan fingerprint density at radius 1 is 1.00 bits per heavy atom. The molecular formula is C23H24N4O3. The molecule has 0 aliphatic carbocycles. The van der Waals surface area contributed by atoms with Crippen LogP contribution in [0.4, 0.5) is 5.69 Å². The molecule has 0 spiro atoms. The van der Waals surface area contributed by atoms with Crippen molar-refractivity contribution in [3.63, 3.8) is 0 Å². The van der Waals surface area contributed by atoms with Gasteiger partial charge in [0.25, 0.3) is 5.91 Å². The average Bonchev–Trinajstić information content (AvgIpc) is 2.78. The number of aromatic nitrogens is 1. The molecule has 2 aromatic carbocycles. The molecule has 0 aliphatic rings. The molecule has 0 saturated carbocycles. The van der Waals surface area contributed by atoms with Gasteiger partial charge >= 0.3 is 0 Å². The smallest absolute Gasteiger partial charge is 0.257 e. The van der Waals surface area contributed by atoms with Crippen molar-refractivity contribution >= 4 is 17.6 Å². The summed E-state index contributed by atoms with van der Waals surface area (Å²) in [6.07, 6.45) is 1.70. The van der Waals surface area contributed by atoms with Crippen LogP contribution in [0, 0.1) is 6.92 Å². The third-order valence-electron chi connectivity index (χ3n) is 4.29.